The van der Waals surface area contributed by atoms with Crippen molar-refractivity contribution in [2.24, 2.45) is 13.0 Å². The molecule has 0 aliphatic heterocycles. The fourth-order valence-electron chi connectivity index (χ4n) is 3.01. The van der Waals surface area contributed by atoms with Crippen LogP contribution in [0.4, 0.5) is 5.69 Å². The van der Waals surface area contributed by atoms with Crippen molar-refractivity contribution >= 4 is 68.4 Å². The van der Waals surface area contributed by atoms with E-state index in [0.29, 0.717) is 27.3 Å². The van der Waals surface area contributed by atoms with Crippen molar-refractivity contribution in [3.63, 3.8) is 0 Å². The van der Waals surface area contributed by atoms with E-state index in [9.17, 15) is 9.59 Å². The summed E-state index contributed by atoms with van der Waals surface area (Å²) in [5.41, 5.74) is 1.04. The Hall–Kier alpha value is -2.07. The van der Waals surface area contributed by atoms with E-state index < -0.39 is 6.04 Å². The summed E-state index contributed by atoms with van der Waals surface area (Å²) >= 11 is 16.7. The van der Waals surface area contributed by atoms with Crippen LogP contribution in [0.25, 0.3) is 0 Å². The van der Waals surface area contributed by atoms with Crippen LogP contribution in [0.15, 0.2) is 52.1 Å². The minimum atomic E-state index is -0.410. The molecular formula is C22H22BrCl2N5O2S. The minimum Gasteiger partial charge on any atom is -0.342 e. The first-order chi connectivity index (χ1) is 15.7. The lowest BCUT2D eigenvalue weighted by Gasteiger charge is -2.22. The average Bonchev–Trinajstić information content (AvgIpc) is 3.11. The maximum Gasteiger partial charge on any atom is 0.253 e. The summed E-state index contributed by atoms with van der Waals surface area (Å²) in [6.45, 7) is 3.95. The molecule has 7 nitrogen and oxygen atoms in total. The summed E-state index contributed by atoms with van der Waals surface area (Å²) in [5, 5.41) is 15.6. The minimum absolute atomic E-state index is 0.0291. The number of carbonyl (C=O) groups excluding carboxylic acids is 2. The Bertz CT molecular complexity index is 1150. The summed E-state index contributed by atoms with van der Waals surface area (Å²) in [5.74, 6) is 0.293. The number of hydrogen-bond donors (Lipinski definition) is 2. The molecule has 0 aliphatic carbocycles. The number of hydrogen-bond acceptors (Lipinski definition) is 5. The first kappa shape index (κ1) is 25.6. The Morgan fingerprint density at radius 3 is 2.45 bits per heavy atom. The number of thioether (sulfide) groups is 1. The van der Waals surface area contributed by atoms with Gasteiger partial charge in [0, 0.05) is 22.2 Å². The highest BCUT2D eigenvalue weighted by Gasteiger charge is 2.26. The molecular weight excluding hydrogens is 549 g/mol. The Labute approximate surface area is 214 Å². The fraction of sp³-hybridized carbons (Fsp3) is 0.273. The highest BCUT2D eigenvalue weighted by atomic mass is 79.9. The van der Waals surface area contributed by atoms with E-state index >= 15 is 0 Å². The molecule has 174 valence electrons. The number of nitrogens with one attached hydrogen (secondary N) is 2. The van der Waals surface area contributed by atoms with Crippen molar-refractivity contribution in [3.05, 3.63) is 68.4 Å². The van der Waals surface area contributed by atoms with Crippen LogP contribution in [-0.4, -0.2) is 32.3 Å². The molecule has 0 fully saturated rings. The van der Waals surface area contributed by atoms with Crippen molar-refractivity contribution in [2.45, 2.75) is 25.0 Å². The number of carbonyl (C=O) groups is 2. The third-order valence-electron chi connectivity index (χ3n) is 4.74. The lowest BCUT2D eigenvalue weighted by molar-refractivity contribution is -0.113. The highest BCUT2D eigenvalue weighted by Crippen LogP contribution is 2.26. The molecule has 0 spiro atoms. The van der Waals surface area contributed by atoms with Gasteiger partial charge in [-0.3, -0.25) is 9.59 Å². The van der Waals surface area contributed by atoms with Gasteiger partial charge in [-0.1, -0.05) is 64.7 Å². The molecule has 0 saturated heterocycles. The van der Waals surface area contributed by atoms with Gasteiger partial charge in [0.05, 0.1) is 22.4 Å². The van der Waals surface area contributed by atoms with Gasteiger partial charge in [0.2, 0.25) is 5.91 Å². The second-order valence-corrected chi connectivity index (χ2v) is 10.3. The van der Waals surface area contributed by atoms with Crippen LogP contribution in [0.2, 0.25) is 10.0 Å². The fourth-order valence-corrected chi connectivity index (χ4v) is 4.48. The predicted octanol–water partition coefficient (Wildman–Crippen LogP) is 5.74. The maximum atomic E-state index is 12.8. The molecule has 1 atom stereocenters. The quantitative estimate of drug-likeness (QED) is 0.337. The molecule has 33 heavy (non-hydrogen) atoms. The van der Waals surface area contributed by atoms with E-state index in [0.717, 1.165) is 4.47 Å². The topological polar surface area (TPSA) is 88.9 Å². The van der Waals surface area contributed by atoms with Gasteiger partial charge in [-0.05, 0) is 48.4 Å². The van der Waals surface area contributed by atoms with Crippen LogP contribution < -0.4 is 10.6 Å². The van der Waals surface area contributed by atoms with Crippen LogP contribution in [-0.2, 0) is 11.8 Å². The van der Waals surface area contributed by atoms with Crippen molar-refractivity contribution in [1.29, 1.82) is 0 Å². The van der Waals surface area contributed by atoms with Gasteiger partial charge in [-0.2, -0.15) is 0 Å². The van der Waals surface area contributed by atoms with Gasteiger partial charge in [0.25, 0.3) is 5.91 Å². The number of nitrogens with zero attached hydrogens (tertiary/aromatic N) is 3. The monoisotopic (exact) mass is 569 g/mol. The molecule has 2 amide bonds. The lowest BCUT2D eigenvalue weighted by Crippen LogP contribution is -2.33. The van der Waals surface area contributed by atoms with Gasteiger partial charge >= 0.3 is 0 Å². The number of anilines is 1. The molecule has 11 heteroatoms. The largest absolute Gasteiger partial charge is 0.342 e. The van der Waals surface area contributed by atoms with E-state index in [1.54, 1.807) is 23.7 Å². The number of rotatable bonds is 8. The molecule has 0 radical (unpaired) electrons. The van der Waals surface area contributed by atoms with Crippen molar-refractivity contribution < 1.29 is 9.59 Å². The summed E-state index contributed by atoms with van der Waals surface area (Å²) in [4.78, 5) is 25.1. The Morgan fingerprint density at radius 1 is 1.12 bits per heavy atom. The van der Waals surface area contributed by atoms with Gasteiger partial charge in [0.1, 0.15) is 0 Å². The molecule has 3 aromatic rings. The van der Waals surface area contributed by atoms with Crippen LogP contribution in [0.3, 0.4) is 0 Å². The van der Waals surface area contributed by atoms with Gasteiger partial charge < -0.3 is 15.2 Å². The molecule has 1 aromatic heterocycles. The Kier molecular flexibility index (Phi) is 8.81. The zero-order valence-corrected chi connectivity index (χ0v) is 22.0. The van der Waals surface area contributed by atoms with E-state index in [1.165, 1.54) is 17.8 Å². The SMILES string of the molecule is CC(C)[C@H](NC(=O)c1ccc(Cl)cc1Cl)c1nnc(SCC(=O)Nc2ccc(Br)cc2)n1C. The van der Waals surface area contributed by atoms with E-state index in [1.807, 2.05) is 38.1 Å². The van der Waals surface area contributed by atoms with E-state index in [4.69, 9.17) is 23.2 Å². The molecule has 0 bridgehead atoms. The lowest BCUT2D eigenvalue weighted by atomic mass is 10.0. The van der Waals surface area contributed by atoms with Crippen molar-refractivity contribution in [2.75, 3.05) is 11.1 Å². The molecule has 0 saturated carbocycles. The zero-order valence-electron chi connectivity index (χ0n) is 18.1. The Morgan fingerprint density at radius 2 is 1.82 bits per heavy atom. The molecule has 0 unspecified atom stereocenters. The van der Waals surface area contributed by atoms with Crippen LogP contribution in [0, 0.1) is 5.92 Å². The van der Waals surface area contributed by atoms with Crippen molar-refractivity contribution in [3.8, 4) is 0 Å². The first-order valence-electron chi connectivity index (χ1n) is 9.99. The van der Waals surface area contributed by atoms with Crippen LogP contribution in [0.1, 0.15) is 36.1 Å². The van der Waals surface area contributed by atoms with Crippen LogP contribution >= 0.6 is 50.9 Å². The molecule has 0 aliphatic rings. The molecule has 1 heterocycles. The van der Waals surface area contributed by atoms with E-state index in [-0.39, 0.29) is 28.5 Å². The van der Waals surface area contributed by atoms with Crippen molar-refractivity contribution in [1.82, 2.24) is 20.1 Å². The average molecular weight is 571 g/mol. The highest BCUT2D eigenvalue weighted by molar-refractivity contribution is 9.10. The predicted molar refractivity (Wildman–Crippen MR) is 136 cm³/mol. The number of amides is 2. The zero-order chi connectivity index (χ0) is 24.1. The second kappa shape index (κ2) is 11.4. The van der Waals surface area contributed by atoms with Gasteiger partial charge in [0.15, 0.2) is 11.0 Å². The molecule has 2 aromatic carbocycles. The Balaban J connectivity index is 1.67. The smallest absolute Gasteiger partial charge is 0.253 e. The van der Waals surface area contributed by atoms with Crippen LogP contribution in [0.5, 0.6) is 0 Å². The third-order valence-corrected chi connectivity index (χ3v) is 6.83. The summed E-state index contributed by atoms with van der Waals surface area (Å²) in [7, 11) is 1.81. The summed E-state index contributed by atoms with van der Waals surface area (Å²) in [6.07, 6.45) is 0. The van der Waals surface area contributed by atoms with Gasteiger partial charge in [-0.15, -0.1) is 10.2 Å². The molecule has 2 N–H and O–H groups in total. The normalized spacial score (nSPS) is 12.0. The first-order valence-corrected chi connectivity index (χ1v) is 12.5. The summed E-state index contributed by atoms with van der Waals surface area (Å²) < 4.78 is 2.72. The maximum absolute atomic E-state index is 12.8. The summed E-state index contributed by atoms with van der Waals surface area (Å²) in [6, 6.07) is 11.7. The number of aromatic nitrogens is 3. The van der Waals surface area contributed by atoms with Gasteiger partial charge in [-0.25, -0.2) is 0 Å². The standard InChI is InChI=1S/C22H22BrCl2N5O2S/c1-12(2)19(27-21(32)16-9-6-14(24)10-17(16)25)20-28-29-22(30(20)3)33-11-18(31)26-15-7-4-13(23)5-8-15/h4-10,12,19H,11H2,1-3H3,(H,26,31)(H,27,32)/t19-/m0/s1. The number of halogens is 3. The van der Waals surface area contributed by atoms with E-state index in [2.05, 4.69) is 36.8 Å². The third kappa shape index (κ3) is 6.72. The number of benzene rings is 2. The second-order valence-electron chi connectivity index (χ2n) is 7.56. The molecule has 3 rings (SSSR count).